The van der Waals surface area contributed by atoms with Crippen LogP contribution in [0.5, 0.6) is 23.0 Å². The molecule has 33 heavy (non-hydrogen) atoms. The van der Waals surface area contributed by atoms with Crippen molar-refractivity contribution in [1.29, 1.82) is 0 Å². The number of rotatable bonds is 10. The van der Waals surface area contributed by atoms with Gasteiger partial charge in [0.1, 0.15) is 35.2 Å². The van der Waals surface area contributed by atoms with Crippen LogP contribution in [0.3, 0.4) is 0 Å². The number of methoxy groups -OCH3 is 1. The summed E-state index contributed by atoms with van der Waals surface area (Å²) in [6, 6.07) is 24.9. The minimum atomic E-state index is -0.965. The number of hydrogen-bond acceptors (Lipinski definition) is 5. The molecule has 3 aromatic rings. The number of carboxylic acid groups (broad SMARTS) is 1. The molecule has 1 fully saturated rings. The summed E-state index contributed by atoms with van der Waals surface area (Å²) in [5.74, 6) is 2.20. The van der Waals surface area contributed by atoms with E-state index >= 15 is 0 Å². The maximum Gasteiger partial charge on any atom is 0.333 e. The van der Waals surface area contributed by atoms with Gasteiger partial charge in [0, 0.05) is 20.0 Å². The second kappa shape index (κ2) is 10.9. The molecule has 3 atom stereocenters. The van der Waals surface area contributed by atoms with Crippen LogP contribution in [-0.4, -0.2) is 36.5 Å². The van der Waals surface area contributed by atoms with E-state index < -0.39 is 12.1 Å². The number of ether oxygens (including phenoxy) is 4. The van der Waals surface area contributed by atoms with Crippen molar-refractivity contribution in [3.63, 3.8) is 0 Å². The van der Waals surface area contributed by atoms with Crippen LogP contribution in [0.1, 0.15) is 24.8 Å². The Kier molecular flexibility index (Phi) is 7.47. The molecule has 0 heterocycles. The Morgan fingerprint density at radius 1 is 0.818 bits per heavy atom. The minimum Gasteiger partial charge on any atom is -0.490 e. The first-order chi connectivity index (χ1) is 16.1. The molecule has 1 N–H and O–H groups in total. The molecule has 1 aliphatic carbocycles. The average molecular weight is 449 g/mol. The highest BCUT2D eigenvalue weighted by Gasteiger charge is 2.28. The summed E-state index contributed by atoms with van der Waals surface area (Å²) in [5.41, 5.74) is 0.893. The molecule has 0 aliphatic heterocycles. The third kappa shape index (κ3) is 6.49. The van der Waals surface area contributed by atoms with Crippen LogP contribution < -0.4 is 14.2 Å². The summed E-state index contributed by atoms with van der Waals surface area (Å²) in [6.07, 6.45) is 2.34. The Morgan fingerprint density at radius 3 is 1.88 bits per heavy atom. The van der Waals surface area contributed by atoms with Crippen molar-refractivity contribution >= 4 is 5.97 Å². The summed E-state index contributed by atoms with van der Waals surface area (Å²) < 4.78 is 23.1. The number of para-hydroxylation sites is 1. The van der Waals surface area contributed by atoms with E-state index in [-0.39, 0.29) is 12.2 Å². The lowest BCUT2D eigenvalue weighted by Crippen LogP contribution is -2.24. The highest BCUT2D eigenvalue weighted by molar-refractivity contribution is 5.72. The van der Waals surface area contributed by atoms with Crippen molar-refractivity contribution in [3.05, 3.63) is 84.4 Å². The lowest BCUT2D eigenvalue weighted by atomic mass is 10.1. The predicted octanol–water partition coefficient (Wildman–Crippen LogP) is 5.50. The fourth-order valence-electron chi connectivity index (χ4n) is 3.90. The molecule has 0 saturated heterocycles. The first-order valence-corrected chi connectivity index (χ1v) is 11.1. The maximum atomic E-state index is 11.1. The van der Waals surface area contributed by atoms with Gasteiger partial charge in [-0.1, -0.05) is 30.3 Å². The SMILES string of the molecule is CO[C@@H](Cc1ccc(OC2CCC(Oc3ccc(Oc4ccccc4)cc3)C2)cc1)C(=O)O. The molecule has 4 rings (SSSR count). The van der Waals surface area contributed by atoms with Gasteiger partial charge in [-0.3, -0.25) is 0 Å². The van der Waals surface area contributed by atoms with E-state index in [1.165, 1.54) is 7.11 Å². The molecule has 1 saturated carbocycles. The Hall–Kier alpha value is -3.51. The molecule has 0 bridgehead atoms. The zero-order valence-corrected chi connectivity index (χ0v) is 18.6. The molecular formula is C27H28O6. The van der Waals surface area contributed by atoms with Gasteiger partial charge in [0.25, 0.3) is 0 Å². The van der Waals surface area contributed by atoms with E-state index in [9.17, 15) is 4.79 Å². The van der Waals surface area contributed by atoms with E-state index in [1.54, 1.807) is 0 Å². The fraction of sp³-hybridized carbons (Fsp3) is 0.296. The van der Waals surface area contributed by atoms with E-state index in [0.717, 1.165) is 47.8 Å². The van der Waals surface area contributed by atoms with Crippen molar-refractivity contribution in [2.45, 2.75) is 44.0 Å². The lowest BCUT2D eigenvalue weighted by molar-refractivity contribution is -0.148. The first-order valence-electron chi connectivity index (χ1n) is 11.1. The highest BCUT2D eigenvalue weighted by Crippen LogP contribution is 2.30. The van der Waals surface area contributed by atoms with Gasteiger partial charge in [-0.15, -0.1) is 0 Å². The van der Waals surface area contributed by atoms with Crippen molar-refractivity contribution < 1.29 is 28.8 Å². The van der Waals surface area contributed by atoms with Crippen LogP contribution in [0.4, 0.5) is 0 Å². The monoisotopic (exact) mass is 448 g/mol. The second-order valence-electron chi connectivity index (χ2n) is 8.09. The average Bonchev–Trinajstić information content (AvgIpc) is 3.27. The Balaban J connectivity index is 1.24. The number of hydrogen-bond donors (Lipinski definition) is 1. The Morgan fingerprint density at radius 2 is 1.33 bits per heavy atom. The first kappa shape index (κ1) is 22.7. The lowest BCUT2D eigenvalue weighted by Gasteiger charge is -2.16. The summed E-state index contributed by atoms with van der Waals surface area (Å²) in [4.78, 5) is 11.1. The zero-order valence-electron chi connectivity index (χ0n) is 18.6. The van der Waals surface area contributed by atoms with E-state index in [2.05, 4.69) is 0 Å². The summed E-state index contributed by atoms with van der Waals surface area (Å²) >= 11 is 0. The Bertz CT molecular complexity index is 1020. The van der Waals surface area contributed by atoms with E-state index in [0.29, 0.717) is 6.42 Å². The molecule has 0 radical (unpaired) electrons. The summed E-state index contributed by atoms with van der Waals surface area (Å²) in [6.45, 7) is 0. The van der Waals surface area contributed by atoms with Gasteiger partial charge >= 0.3 is 5.97 Å². The number of benzene rings is 3. The third-order valence-corrected chi connectivity index (χ3v) is 5.65. The largest absolute Gasteiger partial charge is 0.490 e. The molecule has 0 spiro atoms. The van der Waals surface area contributed by atoms with Gasteiger partial charge in [-0.05, 0) is 66.9 Å². The number of aliphatic carboxylic acids is 1. The molecular weight excluding hydrogens is 420 g/mol. The molecule has 0 amide bonds. The zero-order chi connectivity index (χ0) is 23.0. The topological polar surface area (TPSA) is 74.2 Å². The van der Waals surface area contributed by atoms with E-state index in [1.807, 2.05) is 78.9 Å². The van der Waals surface area contributed by atoms with E-state index in [4.69, 9.17) is 24.1 Å². The Labute approximate surface area is 193 Å². The van der Waals surface area contributed by atoms with Crippen molar-refractivity contribution in [3.8, 4) is 23.0 Å². The molecule has 6 heteroatoms. The summed E-state index contributed by atoms with van der Waals surface area (Å²) in [5, 5.41) is 9.12. The van der Waals surface area contributed by atoms with Crippen LogP contribution in [0.2, 0.25) is 0 Å². The fourth-order valence-corrected chi connectivity index (χ4v) is 3.90. The van der Waals surface area contributed by atoms with Gasteiger partial charge in [0.05, 0.1) is 0 Å². The quantitative estimate of drug-likeness (QED) is 0.441. The van der Waals surface area contributed by atoms with Crippen molar-refractivity contribution in [2.75, 3.05) is 7.11 Å². The van der Waals surface area contributed by atoms with Gasteiger partial charge in [-0.25, -0.2) is 4.79 Å². The smallest absolute Gasteiger partial charge is 0.333 e. The van der Waals surface area contributed by atoms with Crippen LogP contribution in [0.15, 0.2) is 78.9 Å². The third-order valence-electron chi connectivity index (χ3n) is 5.65. The standard InChI is InChI=1S/C27H28O6/c1-30-26(27(28)29)17-19-7-9-21(10-8-19)32-24-15-16-25(18-24)33-23-13-11-22(12-14-23)31-20-5-3-2-4-6-20/h2-14,24-26H,15-18H2,1H3,(H,28,29)/t24?,25?,26-/m0/s1. The van der Waals surface area contributed by atoms with Crippen molar-refractivity contribution in [1.82, 2.24) is 0 Å². The number of carboxylic acids is 1. The molecule has 1 aliphatic rings. The van der Waals surface area contributed by atoms with Crippen LogP contribution in [0.25, 0.3) is 0 Å². The van der Waals surface area contributed by atoms with Gasteiger partial charge in [-0.2, -0.15) is 0 Å². The minimum absolute atomic E-state index is 0.0901. The number of carbonyl (C=O) groups is 1. The van der Waals surface area contributed by atoms with Crippen LogP contribution in [0, 0.1) is 0 Å². The maximum absolute atomic E-state index is 11.1. The summed E-state index contributed by atoms with van der Waals surface area (Å²) in [7, 11) is 1.40. The van der Waals surface area contributed by atoms with Gasteiger partial charge < -0.3 is 24.1 Å². The molecule has 172 valence electrons. The van der Waals surface area contributed by atoms with Gasteiger partial charge in [0.2, 0.25) is 0 Å². The molecule has 2 unspecified atom stereocenters. The molecule has 6 nitrogen and oxygen atoms in total. The highest BCUT2D eigenvalue weighted by atomic mass is 16.5. The normalized spacial score (nSPS) is 18.5. The predicted molar refractivity (Wildman–Crippen MR) is 124 cm³/mol. The van der Waals surface area contributed by atoms with Gasteiger partial charge in [0.15, 0.2) is 6.10 Å². The van der Waals surface area contributed by atoms with Crippen LogP contribution in [-0.2, 0) is 16.0 Å². The molecule has 0 aromatic heterocycles. The van der Waals surface area contributed by atoms with Crippen LogP contribution >= 0.6 is 0 Å². The van der Waals surface area contributed by atoms with Crippen molar-refractivity contribution in [2.24, 2.45) is 0 Å². The molecule has 3 aromatic carbocycles. The second-order valence-corrected chi connectivity index (χ2v) is 8.09.